The molecule has 79 heavy (non-hydrogen) atoms. The van der Waals surface area contributed by atoms with Crippen molar-refractivity contribution in [3.63, 3.8) is 0 Å². The van der Waals surface area contributed by atoms with E-state index in [9.17, 15) is 0 Å². The summed E-state index contributed by atoms with van der Waals surface area (Å²) in [6.45, 7) is 4.01. The molecule has 0 aliphatic rings. The number of benzene rings is 8. The van der Waals surface area contributed by atoms with Gasteiger partial charge in [-0.25, -0.2) is 14.1 Å². The first kappa shape index (κ1) is 54.8. The maximum Gasteiger partial charge on any atom is 2.00 e. The molecule has 0 saturated heterocycles. The van der Waals surface area contributed by atoms with Gasteiger partial charge in [0.05, 0.1) is 71.8 Å². The molecular weight excluding hydrogens is 1260 g/mol. The third-order valence-corrected chi connectivity index (χ3v) is 18.9. The second kappa shape index (κ2) is 35.6. The number of rotatable bonds is 14. The topological polar surface area (TPSA) is 25.8 Å². The van der Waals surface area contributed by atoms with Crippen LogP contribution in [0.25, 0.3) is 44.3 Å². The second-order valence-corrected chi connectivity index (χ2v) is 27.1. The molecule has 2 aromatic heterocycles. The molecule has 408 valence electrons. The van der Waals surface area contributed by atoms with Crippen molar-refractivity contribution in [1.29, 1.82) is 0 Å². The van der Waals surface area contributed by atoms with Crippen molar-refractivity contribution in [2.24, 2.45) is 11.8 Å². The van der Waals surface area contributed by atoms with Crippen LogP contribution >= 0.6 is 59.4 Å². The average Bonchev–Trinajstić information content (AvgIpc) is 1.39. The third-order valence-electron chi connectivity index (χ3n) is 12.6. The Morgan fingerprint density at radius 1 is 0.481 bits per heavy atom. The van der Waals surface area contributed by atoms with Gasteiger partial charge in [-0.3, -0.25) is 0 Å². The molecule has 0 bridgehead atoms. The van der Waals surface area contributed by atoms with Gasteiger partial charge in [-0.1, -0.05) is 177 Å². The molecule has 11 heteroatoms. The molecule has 2 nitrogen and oxygen atoms in total. The maximum atomic E-state index is 7.69. The quantitative estimate of drug-likeness (QED) is 0.0469. The van der Waals surface area contributed by atoms with E-state index >= 15 is 0 Å². The van der Waals surface area contributed by atoms with E-state index in [2.05, 4.69) is 179 Å². The van der Waals surface area contributed by atoms with Crippen LogP contribution in [0.4, 0.5) is 0 Å². The summed E-state index contributed by atoms with van der Waals surface area (Å²) in [5, 5.41) is 9.62. The largest absolute Gasteiger partial charge is 2.00 e. The van der Waals surface area contributed by atoms with Crippen LogP contribution in [0.2, 0.25) is 10.0 Å². The van der Waals surface area contributed by atoms with Gasteiger partial charge >= 0.3 is 56.1 Å². The predicted octanol–water partition coefficient (Wildman–Crippen LogP) is 15.7. The van der Waals surface area contributed by atoms with Gasteiger partial charge in [0.15, 0.2) is 0 Å². The standard InChI is InChI=1S/C27H26P2.C21H23N.C19H17Cl2N.CH3.2ClH.HI.Mg.Ni/c1-5-14-24(15-6-1)28(25-16-7-2-8-17-25)22-13-23-29(26-18-9-3-10-19-26)27-20-11-4-12-21-27;1-14(2)10-17-6-5-7-21-19(17)8-9-20(22-21)18-12-15(3)11-16(4)13-18;1-12(2)8-13-4-3-5-19-17(13)6-7-18(22-19)14-9-15(20)11-16(21)10-14;;;;;;/h1-12,14-21H,13,22-23H2;5-9,11-14H,10H2,1-4H3;3-7,9-12H,8H2,1-2H3;1H3;3*1H;;/q;;;-1;;;;2*+2/p-1/i;3D3,4D3;;1D3;;;;;. The first-order valence-electron chi connectivity index (χ1n) is 30.0. The number of pyridine rings is 2. The molecular formula is C68H71Cl4IMgN2NiP2+2. The van der Waals surface area contributed by atoms with Crippen LogP contribution in [0.5, 0.6) is 0 Å². The van der Waals surface area contributed by atoms with E-state index in [1.165, 1.54) is 74.7 Å². The summed E-state index contributed by atoms with van der Waals surface area (Å²) in [5.41, 5.74) is 7.27. The molecule has 10 aromatic rings. The number of aryl methyl sites for hydroxylation is 2. The minimum absolute atomic E-state index is 0. The molecule has 10 rings (SSSR count). The molecule has 0 N–H and O–H groups in total. The van der Waals surface area contributed by atoms with Crippen molar-refractivity contribution in [1.82, 2.24) is 9.97 Å². The van der Waals surface area contributed by atoms with E-state index in [0.29, 0.717) is 45.8 Å². The minimum atomic E-state index is -2.39. The SMILES string of the molecule is CC(C)Cc1cccc2nc(-c3cc(Cl)cc(Cl)c3)ccc12.[2H]C([2H])([2H])c1cc(-c2ccc3c(CC(C)C)cccc3n2)cc(C([2H])([2H])[2H])c1.[2H][C-]([2H])[2H].[Cl][Ni][Cl].[I-].[Mg+2].c1ccc([PH+](CCC[PH+](c2ccccc2)c2ccccc2)c2ccccc2)cc1. The van der Waals surface area contributed by atoms with Gasteiger partial charge in [-0.05, 0) is 153 Å². The van der Waals surface area contributed by atoms with Crippen molar-refractivity contribution in [3.05, 3.63) is 258 Å². The Balaban J connectivity index is 0.000000267. The van der Waals surface area contributed by atoms with Crippen LogP contribution in [0.1, 0.15) is 68.7 Å². The van der Waals surface area contributed by atoms with Crippen molar-refractivity contribution in [2.75, 3.05) is 12.3 Å². The zero-order chi connectivity index (χ0) is 62.4. The number of nitrogens with zero attached hydrogens (tertiary/aromatic N) is 2. The van der Waals surface area contributed by atoms with E-state index in [1.807, 2.05) is 42.5 Å². The van der Waals surface area contributed by atoms with Crippen molar-refractivity contribution < 1.29 is 49.0 Å². The van der Waals surface area contributed by atoms with E-state index in [4.69, 9.17) is 65.9 Å². The van der Waals surface area contributed by atoms with Crippen molar-refractivity contribution in [3.8, 4) is 22.5 Å². The Hall–Kier alpha value is -3.41. The van der Waals surface area contributed by atoms with Crippen LogP contribution < -0.4 is 45.2 Å². The van der Waals surface area contributed by atoms with Crippen molar-refractivity contribution in [2.45, 2.75) is 60.7 Å². The van der Waals surface area contributed by atoms with E-state index < -0.39 is 36.9 Å². The van der Waals surface area contributed by atoms with Crippen LogP contribution in [0.3, 0.4) is 0 Å². The summed E-state index contributed by atoms with van der Waals surface area (Å²) >= 11 is 12.7. The van der Waals surface area contributed by atoms with Gasteiger partial charge in [0.25, 0.3) is 0 Å². The Labute approximate surface area is 545 Å². The maximum absolute atomic E-state index is 7.69. The first-order chi connectivity index (χ1) is 41.0. The Bertz CT molecular complexity index is 3460. The average molecular weight is 1340 g/mol. The third kappa shape index (κ3) is 21.1. The number of hydrogen-bond donors (Lipinski definition) is 0. The summed E-state index contributed by atoms with van der Waals surface area (Å²) in [7, 11) is 7.09. The van der Waals surface area contributed by atoms with Gasteiger partial charge in [-0.2, -0.15) is 0 Å². The summed E-state index contributed by atoms with van der Waals surface area (Å²) in [4.78, 5) is 9.47. The summed E-state index contributed by atoms with van der Waals surface area (Å²) in [6.07, 6.45) is 5.84. The smallest absolute Gasteiger partial charge is 1.00 e. The summed E-state index contributed by atoms with van der Waals surface area (Å²) in [6, 6.07) is 74.6. The second-order valence-electron chi connectivity index (χ2n) is 19.3. The van der Waals surface area contributed by atoms with Crippen LogP contribution in [0, 0.1) is 32.9 Å². The Kier molecular flexibility index (Phi) is 24.7. The molecule has 0 amide bonds. The first-order valence-corrected chi connectivity index (χ1v) is 32.4. The minimum Gasteiger partial charge on any atom is -1.00 e. The molecule has 8 aromatic carbocycles. The molecule has 0 fully saturated rings. The zero-order valence-corrected chi connectivity index (χ0v) is 54.4. The van der Waals surface area contributed by atoms with Gasteiger partial charge in [0, 0.05) is 46.6 Å². The molecule has 0 saturated carbocycles. The zero-order valence-electron chi connectivity index (χ0n) is 53.8. The molecule has 0 atom stereocenters. The monoisotopic (exact) mass is 1340 g/mol. The fraction of sp³-hybridized carbons (Fsp3) is 0.191. The number of aromatic nitrogens is 2. The van der Waals surface area contributed by atoms with Crippen LogP contribution in [-0.4, -0.2) is 45.3 Å². The van der Waals surface area contributed by atoms with E-state index in [1.54, 1.807) is 6.07 Å². The van der Waals surface area contributed by atoms with Gasteiger partial charge in [0.1, 0.15) is 0 Å². The number of fused-ring (bicyclic) bond motifs is 2. The number of hydrogen-bond acceptors (Lipinski definition) is 2. The predicted molar refractivity (Wildman–Crippen MR) is 350 cm³/mol. The van der Waals surface area contributed by atoms with Crippen molar-refractivity contribution >= 4 is 126 Å². The Morgan fingerprint density at radius 3 is 1.15 bits per heavy atom. The van der Waals surface area contributed by atoms with Crippen LogP contribution in [0.15, 0.2) is 218 Å². The molecule has 0 spiro atoms. The molecule has 0 aliphatic heterocycles. The van der Waals surface area contributed by atoms with E-state index in [0.717, 1.165) is 40.5 Å². The molecule has 2 heterocycles. The summed E-state index contributed by atoms with van der Waals surface area (Å²) in [5.74, 6) is 1.14. The van der Waals surface area contributed by atoms with Crippen LogP contribution in [-0.2, 0) is 25.5 Å². The summed E-state index contributed by atoms with van der Waals surface area (Å²) < 4.78 is 63.6. The van der Waals surface area contributed by atoms with Gasteiger partial charge in [0.2, 0.25) is 0 Å². The van der Waals surface area contributed by atoms with Gasteiger partial charge < -0.3 is 31.3 Å². The van der Waals surface area contributed by atoms with E-state index in [-0.39, 0.29) is 58.2 Å². The molecule has 0 radical (unpaired) electrons. The Morgan fingerprint density at radius 2 is 0.823 bits per heavy atom. The fourth-order valence-electron chi connectivity index (χ4n) is 9.38. The fourth-order valence-corrected chi connectivity index (χ4v) is 15.5. The van der Waals surface area contributed by atoms with Gasteiger partial charge in [-0.15, -0.1) is 0 Å². The molecule has 0 aliphatic carbocycles. The molecule has 0 unspecified atom stereocenters. The normalized spacial score (nSPS) is 12.6. The number of halogens is 5.